The fraction of sp³-hybridized carbons (Fsp3) is 0.0500. The Kier molecular flexibility index (Phi) is 4.54. The van der Waals surface area contributed by atoms with Gasteiger partial charge in [0, 0.05) is 10.4 Å². The molecule has 0 amide bonds. The van der Waals surface area contributed by atoms with Gasteiger partial charge in [-0.05, 0) is 42.3 Å². The van der Waals surface area contributed by atoms with E-state index in [0.717, 1.165) is 39.9 Å². The summed E-state index contributed by atoms with van der Waals surface area (Å²) in [5.41, 5.74) is 3.69. The topological polar surface area (TPSA) is 30.0 Å². The number of rotatable bonds is 4. The molecule has 0 aliphatic heterocycles. The van der Waals surface area contributed by atoms with Crippen LogP contribution in [0.15, 0.2) is 54.6 Å². The smallest absolute Gasteiger partial charge is 0.131 e. The third-order valence-corrected chi connectivity index (χ3v) is 3.88. The summed E-state index contributed by atoms with van der Waals surface area (Å²) in [4.78, 5) is 15.5. The summed E-state index contributed by atoms with van der Waals surface area (Å²) in [6.45, 7) is 1.81. The lowest BCUT2D eigenvalue weighted by Crippen LogP contribution is -1.95. The number of aromatic nitrogens is 1. The maximum absolute atomic E-state index is 10.9. The van der Waals surface area contributed by atoms with Gasteiger partial charge in [0.1, 0.15) is 6.29 Å². The largest absolute Gasteiger partial charge is 0.302 e. The average molecular weight is 321 g/mol. The minimum Gasteiger partial charge on any atom is -0.302 e. The first-order chi connectivity index (χ1) is 11.2. The number of carbonyl (C=O) groups excluding carboxylic acids is 1. The molecule has 113 valence electrons. The van der Waals surface area contributed by atoms with Gasteiger partial charge in [0.2, 0.25) is 0 Å². The first-order valence-corrected chi connectivity index (χ1v) is 7.67. The molecule has 0 fully saturated rings. The van der Waals surface area contributed by atoms with Crippen LogP contribution in [0.25, 0.3) is 23.1 Å². The molecule has 1 heterocycles. The zero-order chi connectivity index (χ0) is 16.2. The molecule has 0 unspecified atom stereocenters. The van der Waals surface area contributed by atoms with Gasteiger partial charge in [-0.3, -0.25) is 0 Å². The Labute approximate surface area is 140 Å². The summed E-state index contributed by atoms with van der Waals surface area (Å²) in [6.07, 6.45) is 4.81. The van der Waals surface area contributed by atoms with E-state index in [-0.39, 0.29) is 0 Å². The maximum atomic E-state index is 10.9. The van der Waals surface area contributed by atoms with Crippen molar-refractivity contribution in [3.8, 4) is 0 Å². The minimum atomic E-state index is 0.679. The molecule has 0 atom stereocenters. The van der Waals surface area contributed by atoms with Crippen molar-refractivity contribution in [2.75, 3.05) is 0 Å². The molecule has 0 spiro atoms. The van der Waals surface area contributed by atoms with E-state index in [0.29, 0.717) is 5.02 Å². The number of pyridine rings is 1. The standard InChI is InChI=1S/C20H15ClNO/c1-14(13-23)17-4-2-3-15(11-17)5-9-19-10-7-16-6-8-18(21)12-20(16)22-19/h2-13H,1H3. The Morgan fingerprint density at radius 1 is 1.04 bits per heavy atom. The second-order valence-electron chi connectivity index (χ2n) is 5.33. The number of halogens is 1. The van der Waals surface area contributed by atoms with E-state index >= 15 is 0 Å². The van der Waals surface area contributed by atoms with Crippen LogP contribution in [-0.2, 0) is 4.79 Å². The molecule has 2 nitrogen and oxygen atoms in total. The Hall–Kier alpha value is -2.45. The first-order valence-electron chi connectivity index (χ1n) is 7.29. The summed E-state index contributed by atoms with van der Waals surface area (Å²) in [5, 5.41) is 1.74. The van der Waals surface area contributed by atoms with Crippen molar-refractivity contribution in [3.63, 3.8) is 0 Å². The first kappa shape index (κ1) is 15.4. The van der Waals surface area contributed by atoms with Gasteiger partial charge < -0.3 is 4.79 Å². The van der Waals surface area contributed by atoms with E-state index in [1.165, 1.54) is 0 Å². The second kappa shape index (κ2) is 6.76. The summed E-state index contributed by atoms with van der Waals surface area (Å²) in [6, 6.07) is 17.5. The third-order valence-electron chi connectivity index (χ3n) is 3.64. The predicted octanol–water partition coefficient (Wildman–Crippen LogP) is 5.20. The van der Waals surface area contributed by atoms with E-state index in [1.54, 1.807) is 0 Å². The highest BCUT2D eigenvalue weighted by atomic mass is 35.5. The average Bonchev–Trinajstić information content (AvgIpc) is 2.59. The summed E-state index contributed by atoms with van der Waals surface area (Å²) in [7, 11) is 0. The molecular weight excluding hydrogens is 306 g/mol. The monoisotopic (exact) mass is 320 g/mol. The molecule has 0 saturated carbocycles. The Balaban J connectivity index is 1.89. The van der Waals surface area contributed by atoms with Crippen molar-refractivity contribution in [2.24, 2.45) is 0 Å². The number of hydrogen-bond donors (Lipinski definition) is 0. The van der Waals surface area contributed by atoms with E-state index in [9.17, 15) is 4.79 Å². The zero-order valence-corrected chi connectivity index (χ0v) is 13.4. The zero-order valence-electron chi connectivity index (χ0n) is 12.7. The molecule has 3 heteroatoms. The second-order valence-corrected chi connectivity index (χ2v) is 5.77. The van der Waals surface area contributed by atoms with Gasteiger partial charge in [0.15, 0.2) is 0 Å². The molecule has 23 heavy (non-hydrogen) atoms. The summed E-state index contributed by atoms with van der Waals surface area (Å²) < 4.78 is 0. The van der Waals surface area contributed by atoms with Gasteiger partial charge in [0.25, 0.3) is 0 Å². The summed E-state index contributed by atoms with van der Waals surface area (Å²) >= 11 is 6.02. The molecule has 3 rings (SSSR count). The van der Waals surface area contributed by atoms with Crippen LogP contribution in [0.3, 0.4) is 0 Å². The van der Waals surface area contributed by atoms with Crippen molar-refractivity contribution in [2.45, 2.75) is 6.92 Å². The predicted molar refractivity (Wildman–Crippen MR) is 96.2 cm³/mol. The fourth-order valence-corrected chi connectivity index (χ4v) is 2.50. The van der Waals surface area contributed by atoms with Crippen LogP contribution in [0.2, 0.25) is 5.02 Å². The SMILES string of the molecule is C[C](C=O)c1cccc(C=Cc2ccc3ccc(Cl)cc3n2)c1. The van der Waals surface area contributed by atoms with Gasteiger partial charge in [0.05, 0.1) is 17.1 Å². The highest BCUT2D eigenvalue weighted by molar-refractivity contribution is 6.31. The quantitative estimate of drug-likeness (QED) is 0.618. The van der Waals surface area contributed by atoms with Crippen molar-refractivity contribution >= 4 is 40.9 Å². The number of fused-ring (bicyclic) bond motifs is 1. The van der Waals surface area contributed by atoms with Crippen LogP contribution in [0.4, 0.5) is 0 Å². The number of nitrogens with zero attached hydrogens (tertiary/aromatic N) is 1. The van der Waals surface area contributed by atoms with Gasteiger partial charge >= 0.3 is 0 Å². The van der Waals surface area contributed by atoms with Crippen molar-refractivity contribution in [1.82, 2.24) is 4.98 Å². The highest BCUT2D eigenvalue weighted by Crippen LogP contribution is 2.19. The Morgan fingerprint density at radius 2 is 1.87 bits per heavy atom. The lowest BCUT2D eigenvalue weighted by atomic mass is 10.0. The lowest BCUT2D eigenvalue weighted by molar-refractivity contribution is -0.106. The van der Waals surface area contributed by atoms with Crippen molar-refractivity contribution < 1.29 is 4.79 Å². The Bertz CT molecular complexity index is 886. The normalized spacial score (nSPS) is 11.4. The van der Waals surface area contributed by atoms with E-state index < -0.39 is 0 Å². The fourth-order valence-electron chi connectivity index (χ4n) is 2.34. The minimum absolute atomic E-state index is 0.679. The van der Waals surface area contributed by atoms with Crippen LogP contribution < -0.4 is 0 Å². The van der Waals surface area contributed by atoms with Gasteiger partial charge in [-0.1, -0.05) is 54.1 Å². The number of hydrogen-bond acceptors (Lipinski definition) is 2. The molecule has 0 aliphatic carbocycles. The van der Waals surface area contributed by atoms with Crippen LogP contribution in [0, 0.1) is 5.92 Å². The third kappa shape index (κ3) is 3.66. The van der Waals surface area contributed by atoms with Crippen LogP contribution >= 0.6 is 11.6 Å². The van der Waals surface area contributed by atoms with Crippen molar-refractivity contribution in [1.29, 1.82) is 0 Å². The molecule has 1 aromatic heterocycles. The maximum Gasteiger partial charge on any atom is 0.131 e. The van der Waals surface area contributed by atoms with Crippen molar-refractivity contribution in [3.05, 3.63) is 82.4 Å². The summed E-state index contributed by atoms with van der Waals surface area (Å²) in [5.74, 6) is 0.721. The van der Waals surface area contributed by atoms with Crippen LogP contribution in [-0.4, -0.2) is 11.3 Å². The molecule has 3 aromatic rings. The van der Waals surface area contributed by atoms with E-state index in [2.05, 4.69) is 4.98 Å². The molecular formula is C20H15ClNO. The molecule has 1 radical (unpaired) electrons. The Morgan fingerprint density at radius 3 is 2.70 bits per heavy atom. The van der Waals surface area contributed by atoms with Crippen LogP contribution in [0.1, 0.15) is 23.7 Å². The number of aldehydes is 1. The van der Waals surface area contributed by atoms with Crippen LogP contribution in [0.5, 0.6) is 0 Å². The molecule has 0 aliphatic rings. The number of benzene rings is 2. The van der Waals surface area contributed by atoms with Gasteiger partial charge in [-0.15, -0.1) is 0 Å². The van der Waals surface area contributed by atoms with E-state index in [4.69, 9.17) is 11.6 Å². The van der Waals surface area contributed by atoms with Gasteiger partial charge in [-0.2, -0.15) is 0 Å². The molecule has 2 aromatic carbocycles. The number of carbonyl (C=O) groups is 1. The molecule has 0 bridgehead atoms. The highest BCUT2D eigenvalue weighted by Gasteiger charge is 2.04. The van der Waals surface area contributed by atoms with E-state index in [1.807, 2.05) is 73.7 Å². The molecule has 0 saturated heterocycles. The molecule has 0 N–H and O–H groups in total. The lowest BCUT2D eigenvalue weighted by Gasteiger charge is -2.04. The van der Waals surface area contributed by atoms with Gasteiger partial charge in [-0.25, -0.2) is 4.98 Å².